The van der Waals surface area contributed by atoms with Gasteiger partial charge in [0.1, 0.15) is 12.4 Å². The number of nitrogens with one attached hydrogen (secondary N) is 2. The second-order valence-corrected chi connectivity index (χ2v) is 8.69. The summed E-state index contributed by atoms with van der Waals surface area (Å²) in [7, 11) is 0. The smallest absolute Gasteiger partial charge is 0.224 e. The molecule has 0 aliphatic carbocycles. The van der Waals surface area contributed by atoms with Crippen LogP contribution in [0.2, 0.25) is 5.02 Å². The molecule has 7 heteroatoms. The van der Waals surface area contributed by atoms with E-state index in [-0.39, 0.29) is 12.5 Å². The Morgan fingerprint density at radius 3 is 2.50 bits per heavy atom. The molecule has 0 aliphatic rings. The molecule has 0 unspecified atom stereocenters. The van der Waals surface area contributed by atoms with Crippen LogP contribution in [0.25, 0.3) is 0 Å². The highest BCUT2D eigenvalue weighted by Gasteiger charge is 2.12. The number of rotatable bonds is 11. The first-order valence-corrected chi connectivity index (χ1v) is 11.7. The van der Waals surface area contributed by atoms with E-state index in [0.717, 1.165) is 16.9 Å². The van der Waals surface area contributed by atoms with Gasteiger partial charge in [0, 0.05) is 29.9 Å². The van der Waals surface area contributed by atoms with E-state index in [9.17, 15) is 9.18 Å². The predicted molar refractivity (Wildman–Crippen MR) is 135 cm³/mol. The van der Waals surface area contributed by atoms with Gasteiger partial charge in [0.2, 0.25) is 5.91 Å². The number of benzene rings is 3. The van der Waals surface area contributed by atoms with Crippen molar-refractivity contribution in [3.8, 4) is 11.5 Å². The SMILES string of the molecule is CCOc1cc(CNc2cccc(NC(=O)CC(C)C)c2)ccc1OCc1c(F)cccc1Cl. The summed E-state index contributed by atoms with van der Waals surface area (Å²) in [5.41, 5.74) is 2.92. The molecule has 0 atom stereocenters. The number of amides is 1. The molecule has 0 saturated heterocycles. The van der Waals surface area contributed by atoms with Crippen LogP contribution in [0, 0.1) is 11.7 Å². The number of ether oxygens (including phenoxy) is 2. The summed E-state index contributed by atoms with van der Waals surface area (Å²) in [4.78, 5) is 12.0. The molecule has 180 valence electrons. The zero-order chi connectivity index (χ0) is 24.5. The lowest BCUT2D eigenvalue weighted by Gasteiger charge is -2.15. The average molecular weight is 485 g/mol. The van der Waals surface area contributed by atoms with Gasteiger partial charge in [-0.15, -0.1) is 0 Å². The Morgan fingerprint density at radius 2 is 1.76 bits per heavy atom. The van der Waals surface area contributed by atoms with Gasteiger partial charge in [-0.1, -0.05) is 43.6 Å². The summed E-state index contributed by atoms with van der Waals surface area (Å²) in [5, 5.41) is 6.61. The monoisotopic (exact) mass is 484 g/mol. The van der Waals surface area contributed by atoms with Gasteiger partial charge in [-0.3, -0.25) is 4.79 Å². The molecule has 5 nitrogen and oxygen atoms in total. The lowest BCUT2D eigenvalue weighted by molar-refractivity contribution is -0.116. The van der Waals surface area contributed by atoms with E-state index in [4.69, 9.17) is 21.1 Å². The average Bonchev–Trinajstić information content (AvgIpc) is 2.78. The minimum Gasteiger partial charge on any atom is -0.490 e. The van der Waals surface area contributed by atoms with E-state index in [1.165, 1.54) is 6.07 Å². The van der Waals surface area contributed by atoms with Crippen LogP contribution in [0.4, 0.5) is 15.8 Å². The van der Waals surface area contributed by atoms with Crippen LogP contribution in [0.5, 0.6) is 11.5 Å². The van der Waals surface area contributed by atoms with E-state index < -0.39 is 5.82 Å². The molecule has 2 N–H and O–H groups in total. The van der Waals surface area contributed by atoms with Gasteiger partial charge < -0.3 is 20.1 Å². The fourth-order valence-electron chi connectivity index (χ4n) is 3.36. The van der Waals surface area contributed by atoms with Gasteiger partial charge in [0.05, 0.1) is 11.6 Å². The van der Waals surface area contributed by atoms with E-state index in [1.54, 1.807) is 18.2 Å². The Kier molecular flexibility index (Phi) is 9.16. The fraction of sp³-hybridized carbons (Fsp3) is 0.296. The molecule has 0 saturated carbocycles. The second-order valence-electron chi connectivity index (χ2n) is 8.28. The Bertz CT molecular complexity index is 1100. The van der Waals surface area contributed by atoms with Crippen LogP contribution in [-0.2, 0) is 17.9 Å². The van der Waals surface area contributed by atoms with E-state index in [0.29, 0.717) is 47.6 Å². The van der Waals surface area contributed by atoms with Gasteiger partial charge in [0.25, 0.3) is 0 Å². The van der Waals surface area contributed by atoms with Crippen LogP contribution in [-0.4, -0.2) is 12.5 Å². The highest BCUT2D eigenvalue weighted by atomic mass is 35.5. The molecular formula is C27H30ClFN2O3. The van der Waals surface area contributed by atoms with Crippen molar-refractivity contribution >= 4 is 28.9 Å². The molecule has 1 amide bonds. The zero-order valence-corrected chi connectivity index (χ0v) is 20.4. The van der Waals surface area contributed by atoms with Crippen LogP contribution in [0.15, 0.2) is 60.7 Å². The molecule has 34 heavy (non-hydrogen) atoms. The van der Waals surface area contributed by atoms with E-state index >= 15 is 0 Å². The third-order valence-electron chi connectivity index (χ3n) is 4.98. The molecule has 0 spiro atoms. The Labute approximate surface area is 205 Å². The van der Waals surface area contributed by atoms with Crippen LogP contribution in [0.3, 0.4) is 0 Å². The standard InChI is InChI=1S/C27H30ClFN2O3/c1-4-33-26-14-19(11-12-25(26)34-17-22-23(28)9-6-10-24(22)29)16-30-20-7-5-8-21(15-20)31-27(32)13-18(2)3/h5-12,14-15,18,30H,4,13,16-17H2,1-3H3,(H,31,32). The first-order chi connectivity index (χ1) is 16.4. The molecule has 3 aromatic rings. The van der Waals surface area contributed by atoms with Crippen LogP contribution >= 0.6 is 11.6 Å². The van der Waals surface area contributed by atoms with Crippen molar-refractivity contribution in [2.24, 2.45) is 5.92 Å². The molecular weight excluding hydrogens is 455 g/mol. The molecule has 0 bridgehead atoms. The number of anilines is 2. The maximum Gasteiger partial charge on any atom is 0.224 e. The van der Waals surface area contributed by atoms with Crippen molar-refractivity contribution in [3.63, 3.8) is 0 Å². The third-order valence-corrected chi connectivity index (χ3v) is 5.33. The maximum absolute atomic E-state index is 14.1. The summed E-state index contributed by atoms with van der Waals surface area (Å²) in [6.07, 6.45) is 0.482. The first-order valence-electron chi connectivity index (χ1n) is 11.3. The zero-order valence-electron chi connectivity index (χ0n) is 19.7. The Morgan fingerprint density at radius 1 is 1.00 bits per heavy atom. The molecule has 0 radical (unpaired) electrons. The predicted octanol–water partition coefficient (Wildman–Crippen LogP) is 7.05. The molecule has 3 rings (SSSR count). The highest BCUT2D eigenvalue weighted by Crippen LogP contribution is 2.31. The van der Waals surface area contributed by atoms with Gasteiger partial charge >= 0.3 is 0 Å². The minimum absolute atomic E-state index is 0.000710. The lowest BCUT2D eigenvalue weighted by Crippen LogP contribution is -2.13. The van der Waals surface area contributed by atoms with Gasteiger partial charge in [-0.05, 0) is 60.9 Å². The molecule has 0 aromatic heterocycles. The molecule has 3 aromatic carbocycles. The first kappa shape index (κ1) is 25.4. The summed E-state index contributed by atoms with van der Waals surface area (Å²) >= 11 is 6.10. The van der Waals surface area contributed by atoms with Gasteiger partial charge in [-0.25, -0.2) is 4.39 Å². The quantitative estimate of drug-likeness (QED) is 0.306. The van der Waals surface area contributed by atoms with Gasteiger partial charge in [0.15, 0.2) is 11.5 Å². The van der Waals surface area contributed by atoms with E-state index in [1.807, 2.05) is 57.2 Å². The summed E-state index contributed by atoms with van der Waals surface area (Å²) in [6, 6.07) is 17.8. The maximum atomic E-state index is 14.1. The van der Waals surface area contributed by atoms with Gasteiger partial charge in [-0.2, -0.15) is 0 Å². The third kappa shape index (κ3) is 7.39. The second kappa shape index (κ2) is 12.3. The Hall–Kier alpha value is -3.25. The van der Waals surface area contributed by atoms with Crippen molar-refractivity contribution < 1.29 is 18.7 Å². The van der Waals surface area contributed by atoms with Crippen molar-refractivity contribution in [3.05, 3.63) is 82.6 Å². The molecule has 0 fully saturated rings. The van der Waals surface area contributed by atoms with Crippen molar-refractivity contribution in [2.75, 3.05) is 17.2 Å². The molecule has 0 heterocycles. The van der Waals surface area contributed by atoms with Crippen molar-refractivity contribution in [1.29, 1.82) is 0 Å². The lowest BCUT2D eigenvalue weighted by atomic mass is 10.1. The molecule has 0 aliphatic heterocycles. The summed E-state index contributed by atoms with van der Waals surface area (Å²) in [5.74, 6) is 0.981. The van der Waals surface area contributed by atoms with Crippen LogP contribution < -0.4 is 20.1 Å². The van der Waals surface area contributed by atoms with E-state index in [2.05, 4.69) is 10.6 Å². The topological polar surface area (TPSA) is 59.6 Å². The van der Waals surface area contributed by atoms with Crippen LogP contribution in [0.1, 0.15) is 38.3 Å². The fourth-order valence-corrected chi connectivity index (χ4v) is 3.58. The minimum atomic E-state index is -0.408. The largest absolute Gasteiger partial charge is 0.490 e. The number of carbonyl (C=O) groups excluding carboxylic acids is 1. The number of hydrogen-bond donors (Lipinski definition) is 2. The van der Waals surface area contributed by atoms with Crippen molar-refractivity contribution in [1.82, 2.24) is 0 Å². The summed E-state index contributed by atoms with van der Waals surface area (Å²) in [6.45, 7) is 6.92. The normalized spacial score (nSPS) is 10.8. The number of carbonyl (C=O) groups is 1. The number of hydrogen-bond acceptors (Lipinski definition) is 4. The summed E-state index contributed by atoms with van der Waals surface area (Å²) < 4.78 is 25.6. The Balaban J connectivity index is 1.65. The number of halogens is 2. The highest BCUT2D eigenvalue weighted by molar-refractivity contribution is 6.31. The van der Waals surface area contributed by atoms with Crippen molar-refractivity contribution in [2.45, 2.75) is 40.3 Å².